The molecule has 1 N–H and O–H groups in total. The molecule has 0 heterocycles. The minimum atomic E-state index is -0.979. The van der Waals surface area contributed by atoms with E-state index in [1.54, 1.807) is 6.92 Å². The monoisotopic (exact) mass is 292 g/mol. The van der Waals surface area contributed by atoms with E-state index in [0.29, 0.717) is 0 Å². The number of carbonyl (C=O) groups is 3. The zero-order chi connectivity index (χ0) is 15.7. The predicted octanol–water partition coefficient (Wildman–Crippen LogP) is 1.98. The lowest BCUT2D eigenvalue weighted by atomic mass is 9.79. The molecule has 2 aliphatic carbocycles. The summed E-state index contributed by atoms with van der Waals surface area (Å²) in [7, 11) is 0. The molecule has 1 saturated carbocycles. The molecule has 0 amide bonds. The van der Waals surface area contributed by atoms with Crippen molar-refractivity contribution < 1.29 is 24.2 Å². The molecule has 0 aromatic carbocycles. The zero-order valence-electron chi connectivity index (χ0n) is 12.5. The molecule has 114 valence electrons. The van der Waals surface area contributed by atoms with Crippen molar-refractivity contribution in [1.82, 2.24) is 0 Å². The number of hydrogen-bond donors (Lipinski definition) is 1. The van der Waals surface area contributed by atoms with Gasteiger partial charge in [-0.3, -0.25) is 14.4 Å². The third kappa shape index (κ3) is 2.64. The van der Waals surface area contributed by atoms with E-state index in [0.717, 1.165) is 11.1 Å². The minimum absolute atomic E-state index is 0.192. The molecular weight excluding hydrogens is 272 g/mol. The van der Waals surface area contributed by atoms with Crippen molar-refractivity contribution in [3.63, 3.8) is 0 Å². The van der Waals surface area contributed by atoms with Crippen LogP contribution in [0.1, 0.15) is 27.2 Å². The maximum Gasteiger partial charge on any atom is 0.313 e. The van der Waals surface area contributed by atoms with Gasteiger partial charge >= 0.3 is 11.9 Å². The Labute approximate surface area is 123 Å². The number of hydrogen-bond acceptors (Lipinski definition) is 4. The largest absolute Gasteiger partial charge is 0.481 e. The van der Waals surface area contributed by atoms with E-state index in [1.165, 1.54) is 0 Å². The number of carbonyl (C=O) groups excluding carboxylic acids is 2. The first-order chi connectivity index (χ1) is 9.88. The fraction of sp³-hybridized carbons (Fsp3) is 0.562. The summed E-state index contributed by atoms with van der Waals surface area (Å²) in [6.45, 7) is 5.74. The van der Waals surface area contributed by atoms with Crippen molar-refractivity contribution in [2.24, 2.45) is 23.7 Å². The van der Waals surface area contributed by atoms with Gasteiger partial charge in [-0.25, -0.2) is 0 Å². The molecule has 0 aromatic heterocycles. The van der Waals surface area contributed by atoms with Crippen LogP contribution >= 0.6 is 0 Å². The number of allylic oxidation sites excluding steroid dienone is 4. The molecule has 5 nitrogen and oxygen atoms in total. The quantitative estimate of drug-likeness (QED) is 0.476. The lowest BCUT2D eigenvalue weighted by molar-refractivity contribution is -0.151. The van der Waals surface area contributed by atoms with Gasteiger partial charge in [0.1, 0.15) is 12.2 Å². The summed E-state index contributed by atoms with van der Waals surface area (Å²) in [5.41, 5.74) is 2.07. The second kappa shape index (κ2) is 5.84. The van der Waals surface area contributed by atoms with Gasteiger partial charge in [0.25, 0.3) is 0 Å². The number of Topliss-reactive ketones (excluding diaryl/α,β-unsaturated/α-hetero) is 1. The van der Waals surface area contributed by atoms with Gasteiger partial charge in [-0.05, 0) is 20.8 Å². The number of ketones is 1. The summed E-state index contributed by atoms with van der Waals surface area (Å²) in [6, 6.07) is 0. The SMILES string of the molecule is CCOC(=O)CC(=O)C1C2C=CC(C2=C(C)C)C1C(=O)O. The highest BCUT2D eigenvalue weighted by Gasteiger charge is 2.54. The molecule has 0 aromatic rings. The Morgan fingerprint density at radius 1 is 1.14 bits per heavy atom. The average molecular weight is 292 g/mol. The minimum Gasteiger partial charge on any atom is -0.481 e. The van der Waals surface area contributed by atoms with Crippen LogP contribution < -0.4 is 0 Å². The van der Waals surface area contributed by atoms with Crippen molar-refractivity contribution in [2.75, 3.05) is 6.61 Å². The topological polar surface area (TPSA) is 80.7 Å². The van der Waals surface area contributed by atoms with Gasteiger partial charge in [0.05, 0.1) is 12.5 Å². The Morgan fingerprint density at radius 2 is 1.71 bits per heavy atom. The Kier molecular flexibility index (Phi) is 4.30. The van der Waals surface area contributed by atoms with Crippen LogP contribution in [-0.4, -0.2) is 29.4 Å². The Morgan fingerprint density at radius 3 is 2.19 bits per heavy atom. The highest BCUT2D eigenvalue weighted by Crippen LogP contribution is 2.53. The first kappa shape index (κ1) is 15.5. The van der Waals surface area contributed by atoms with Crippen molar-refractivity contribution in [1.29, 1.82) is 0 Å². The summed E-state index contributed by atoms with van der Waals surface area (Å²) in [4.78, 5) is 35.4. The van der Waals surface area contributed by atoms with Gasteiger partial charge in [-0.1, -0.05) is 23.3 Å². The second-order valence-electron chi connectivity index (χ2n) is 5.73. The normalized spacial score (nSPS) is 29.6. The Balaban J connectivity index is 2.27. The molecule has 4 unspecified atom stereocenters. The van der Waals surface area contributed by atoms with Crippen molar-refractivity contribution >= 4 is 17.7 Å². The molecule has 0 spiro atoms. The number of aliphatic carboxylic acids is 1. The fourth-order valence-electron chi connectivity index (χ4n) is 3.59. The summed E-state index contributed by atoms with van der Waals surface area (Å²) in [6.07, 6.45) is 3.43. The molecule has 1 fully saturated rings. The van der Waals surface area contributed by atoms with E-state index >= 15 is 0 Å². The smallest absolute Gasteiger partial charge is 0.313 e. The third-order valence-corrected chi connectivity index (χ3v) is 4.26. The van der Waals surface area contributed by atoms with Gasteiger partial charge in [0.15, 0.2) is 0 Å². The number of fused-ring (bicyclic) bond motifs is 2. The summed E-state index contributed by atoms with van der Waals surface area (Å²) in [5, 5.41) is 9.47. The van der Waals surface area contributed by atoms with E-state index in [2.05, 4.69) is 0 Å². The Bertz CT molecular complexity index is 539. The van der Waals surface area contributed by atoms with Crippen LogP contribution in [0.2, 0.25) is 0 Å². The summed E-state index contributed by atoms with van der Waals surface area (Å²) >= 11 is 0. The zero-order valence-corrected chi connectivity index (χ0v) is 12.5. The van der Waals surface area contributed by atoms with E-state index in [4.69, 9.17) is 4.74 Å². The van der Waals surface area contributed by atoms with Crippen molar-refractivity contribution in [3.05, 3.63) is 23.3 Å². The van der Waals surface area contributed by atoms with Gasteiger partial charge in [-0.2, -0.15) is 0 Å². The lowest BCUT2D eigenvalue weighted by Crippen LogP contribution is -2.34. The third-order valence-electron chi connectivity index (χ3n) is 4.26. The average Bonchev–Trinajstić information content (AvgIpc) is 2.93. The molecule has 2 bridgehead atoms. The van der Waals surface area contributed by atoms with Crippen LogP contribution in [0.5, 0.6) is 0 Å². The van der Waals surface area contributed by atoms with E-state index < -0.39 is 23.8 Å². The van der Waals surface area contributed by atoms with Crippen LogP contribution in [0.25, 0.3) is 0 Å². The first-order valence-corrected chi connectivity index (χ1v) is 7.15. The molecule has 0 saturated heterocycles. The first-order valence-electron chi connectivity index (χ1n) is 7.15. The number of carboxylic acids is 1. The molecule has 4 atom stereocenters. The predicted molar refractivity (Wildman–Crippen MR) is 75.4 cm³/mol. The molecule has 21 heavy (non-hydrogen) atoms. The molecule has 2 aliphatic rings. The van der Waals surface area contributed by atoms with E-state index in [9.17, 15) is 19.5 Å². The molecule has 0 radical (unpaired) electrons. The highest BCUT2D eigenvalue weighted by molar-refractivity contribution is 6.00. The number of esters is 1. The van der Waals surface area contributed by atoms with Gasteiger partial charge in [-0.15, -0.1) is 0 Å². The molecular formula is C16H20O5. The number of rotatable bonds is 5. The molecule has 5 heteroatoms. The van der Waals surface area contributed by atoms with Crippen molar-refractivity contribution in [2.45, 2.75) is 27.2 Å². The van der Waals surface area contributed by atoms with Crippen molar-refractivity contribution in [3.8, 4) is 0 Å². The summed E-state index contributed by atoms with van der Waals surface area (Å²) < 4.78 is 4.78. The van der Waals surface area contributed by atoms with Gasteiger partial charge in [0, 0.05) is 17.8 Å². The van der Waals surface area contributed by atoms with Crippen LogP contribution in [0.15, 0.2) is 23.3 Å². The molecule has 0 aliphatic heterocycles. The molecule has 2 rings (SSSR count). The summed E-state index contributed by atoms with van der Waals surface area (Å²) in [5.74, 6) is -3.75. The van der Waals surface area contributed by atoms with Crippen LogP contribution in [0.3, 0.4) is 0 Å². The number of ether oxygens (including phenoxy) is 1. The van der Waals surface area contributed by atoms with Crippen LogP contribution in [-0.2, 0) is 19.1 Å². The maximum atomic E-state index is 12.4. The standard InChI is InChI=1S/C16H20O5/c1-4-21-12(18)7-11(17)14-9-5-6-10(13(9)8(2)3)15(14)16(19)20/h5-6,9-10,14-15H,4,7H2,1-3H3,(H,19,20). The Hall–Kier alpha value is -1.91. The van der Waals surface area contributed by atoms with Crippen LogP contribution in [0.4, 0.5) is 0 Å². The lowest BCUT2D eigenvalue weighted by Gasteiger charge is -2.22. The highest BCUT2D eigenvalue weighted by atomic mass is 16.5. The van der Waals surface area contributed by atoms with E-state index in [1.807, 2.05) is 26.0 Å². The maximum absolute atomic E-state index is 12.4. The van der Waals surface area contributed by atoms with Gasteiger partial charge in [0.2, 0.25) is 0 Å². The fourth-order valence-corrected chi connectivity index (χ4v) is 3.59. The van der Waals surface area contributed by atoms with Crippen LogP contribution in [0, 0.1) is 23.7 Å². The second-order valence-corrected chi connectivity index (χ2v) is 5.73. The van der Waals surface area contributed by atoms with E-state index in [-0.39, 0.29) is 30.6 Å². The van der Waals surface area contributed by atoms with Gasteiger partial charge < -0.3 is 9.84 Å². The number of carboxylic acid groups (broad SMARTS) is 1.